The third-order valence-electron chi connectivity index (χ3n) is 2.97. The van der Waals surface area contributed by atoms with Crippen LogP contribution >= 0.6 is 0 Å². The Hall–Kier alpha value is -2.35. The lowest BCUT2D eigenvalue weighted by Gasteiger charge is -2.17. The number of methoxy groups -OCH3 is 2. The first-order valence-electron chi connectivity index (χ1n) is 6.32. The van der Waals surface area contributed by atoms with Gasteiger partial charge in [-0.3, -0.25) is 14.9 Å². The topological polar surface area (TPSA) is 108 Å². The number of carbonyl (C=O) groups excluding carboxylic acids is 1. The summed E-state index contributed by atoms with van der Waals surface area (Å²) in [6, 6.07) is 2.50. The number of carbonyl (C=O) groups is 1. The first-order chi connectivity index (χ1) is 9.96. The van der Waals surface area contributed by atoms with Gasteiger partial charge in [-0.2, -0.15) is 0 Å². The molecule has 1 amide bonds. The summed E-state index contributed by atoms with van der Waals surface area (Å²) < 4.78 is 10.1. The van der Waals surface area contributed by atoms with Gasteiger partial charge >= 0.3 is 0 Å². The summed E-state index contributed by atoms with van der Waals surface area (Å²) in [4.78, 5) is 24.2. The van der Waals surface area contributed by atoms with Crippen molar-refractivity contribution in [3.05, 3.63) is 27.8 Å². The lowest BCUT2D eigenvalue weighted by molar-refractivity contribution is -0.385. The van der Waals surface area contributed by atoms with Crippen molar-refractivity contribution in [2.24, 2.45) is 5.73 Å². The molecule has 2 N–H and O–H groups in total. The van der Waals surface area contributed by atoms with Crippen molar-refractivity contribution in [1.82, 2.24) is 4.90 Å². The molecule has 0 fully saturated rings. The number of hydrogen-bond acceptors (Lipinski definition) is 6. The minimum absolute atomic E-state index is 0.0443. The molecule has 8 nitrogen and oxygen atoms in total. The number of ether oxygens (including phenoxy) is 2. The van der Waals surface area contributed by atoms with Gasteiger partial charge in [-0.25, -0.2) is 0 Å². The largest absolute Gasteiger partial charge is 0.493 e. The van der Waals surface area contributed by atoms with Gasteiger partial charge in [-0.1, -0.05) is 0 Å². The van der Waals surface area contributed by atoms with Crippen LogP contribution in [0.2, 0.25) is 0 Å². The van der Waals surface area contributed by atoms with Gasteiger partial charge in [0.05, 0.1) is 25.2 Å². The van der Waals surface area contributed by atoms with E-state index in [1.54, 1.807) is 7.05 Å². The molecule has 0 aliphatic carbocycles. The molecule has 0 atom stereocenters. The van der Waals surface area contributed by atoms with Gasteiger partial charge in [0.25, 0.3) is 11.6 Å². The standard InChI is InChI=1S/C13H19N3O5/c1-15(6-4-5-14)13(17)9-7-11(20-2)12(21-3)8-10(9)16(18)19/h7-8H,4-6,14H2,1-3H3. The van der Waals surface area contributed by atoms with E-state index in [1.165, 1.54) is 31.3 Å². The second kappa shape index (κ2) is 7.44. The van der Waals surface area contributed by atoms with Crippen molar-refractivity contribution in [2.75, 3.05) is 34.4 Å². The van der Waals surface area contributed by atoms with Crippen LogP contribution in [0.3, 0.4) is 0 Å². The summed E-state index contributed by atoms with van der Waals surface area (Å²) in [6.45, 7) is 0.854. The molecule has 0 heterocycles. The number of nitro benzene ring substituents is 1. The van der Waals surface area contributed by atoms with Crippen LogP contribution in [0, 0.1) is 10.1 Å². The molecule has 1 rings (SSSR count). The van der Waals surface area contributed by atoms with Crippen molar-refractivity contribution in [2.45, 2.75) is 6.42 Å². The van der Waals surface area contributed by atoms with Crippen LogP contribution in [0.4, 0.5) is 5.69 Å². The monoisotopic (exact) mass is 297 g/mol. The molecule has 0 unspecified atom stereocenters. The fourth-order valence-corrected chi connectivity index (χ4v) is 1.83. The highest BCUT2D eigenvalue weighted by Gasteiger charge is 2.26. The first kappa shape index (κ1) is 16.7. The minimum Gasteiger partial charge on any atom is -0.493 e. The average molecular weight is 297 g/mol. The second-order valence-corrected chi connectivity index (χ2v) is 4.35. The van der Waals surface area contributed by atoms with Crippen LogP contribution in [0.15, 0.2) is 12.1 Å². The Morgan fingerprint density at radius 2 is 1.90 bits per heavy atom. The Kier molecular flexibility index (Phi) is 5.92. The maximum Gasteiger partial charge on any atom is 0.286 e. The third kappa shape index (κ3) is 3.82. The molecule has 21 heavy (non-hydrogen) atoms. The lowest BCUT2D eigenvalue weighted by Crippen LogP contribution is -2.29. The maximum absolute atomic E-state index is 12.3. The van der Waals surface area contributed by atoms with E-state index in [-0.39, 0.29) is 22.7 Å². The molecule has 0 saturated heterocycles. The molecule has 0 radical (unpaired) electrons. The van der Waals surface area contributed by atoms with Crippen molar-refractivity contribution in [3.8, 4) is 11.5 Å². The van der Waals surface area contributed by atoms with E-state index in [1.807, 2.05) is 0 Å². The highest BCUT2D eigenvalue weighted by atomic mass is 16.6. The maximum atomic E-state index is 12.3. The van der Waals surface area contributed by atoms with Crippen molar-refractivity contribution < 1.29 is 19.2 Å². The highest BCUT2D eigenvalue weighted by molar-refractivity contribution is 5.98. The number of amides is 1. The van der Waals surface area contributed by atoms with Crippen LogP contribution in [0.5, 0.6) is 11.5 Å². The zero-order valence-electron chi connectivity index (χ0n) is 12.3. The Balaban J connectivity index is 3.26. The molecule has 0 spiro atoms. The van der Waals surface area contributed by atoms with Crippen LogP contribution in [-0.4, -0.2) is 50.1 Å². The van der Waals surface area contributed by atoms with E-state index in [4.69, 9.17) is 15.2 Å². The molecule has 1 aromatic rings. The van der Waals surface area contributed by atoms with Gasteiger partial charge in [0, 0.05) is 19.7 Å². The normalized spacial score (nSPS) is 10.1. The molecule has 0 bridgehead atoms. The van der Waals surface area contributed by atoms with E-state index >= 15 is 0 Å². The van der Waals surface area contributed by atoms with Gasteiger partial charge in [0.2, 0.25) is 0 Å². The van der Waals surface area contributed by atoms with Gasteiger partial charge in [-0.05, 0) is 13.0 Å². The quantitative estimate of drug-likeness (QED) is 0.595. The van der Waals surface area contributed by atoms with Gasteiger partial charge < -0.3 is 20.1 Å². The summed E-state index contributed by atoms with van der Waals surface area (Å²) >= 11 is 0. The number of nitro groups is 1. The Morgan fingerprint density at radius 3 is 2.38 bits per heavy atom. The molecule has 1 aromatic carbocycles. The smallest absolute Gasteiger partial charge is 0.286 e. The number of benzene rings is 1. The van der Waals surface area contributed by atoms with E-state index in [9.17, 15) is 14.9 Å². The van der Waals surface area contributed by atoms with E-state index < -0.39 is 10.8 Å². The van der Waals surface area contributed by atoms with Crippen LogP contribution in [0.1, 0.15) is 16.8 Å². The van der Waals surface area contributed by atoms with Crippen molar-refractivity contribution in [1.29, 1.82) is 0 Å². The molecular weight excluding hydrogens is 278 g/mol. The second-order valence-electron chi connectivity index (χ2n) is 4.35. The highest BCUT2D eigenvalue weighted by Crippen LogP contribution is 2.34. The summed E-state index contributed by atoms with van der Waals surface area (Å²) in [5.41, 5.74) is 5.03. The summed E-state index contributed by atoms with van der Waals surface area (Å²) in [6.07, 6.45) is 0.614. The zero-order valence-corrected chi connectivity index (χ0v) is 12.3. The molecule has 0 aliphatic heterocycles. The van der Waals surface area contributed by atoms with E-state index in [0.29, 0.717) is 19.5 Å². The predicted molar refractivity (Wildman–Crippen MR) is 76.8 cm³/mol. The molecule has 0 aliphatic rings. The fourth-order valence-electron chi connectivity index (χ4n) is 1.83. The van der Waals surface area contributed by atoms with E-state index in [0.717, 1.165) is 0 Å². The molecule has 8 heteroatoms. The van der Waals surface area contributed by atoms with Gasteiger partial charge in [-0.15, -0.1) is 0 Å². The Morgan fingerprint density at radius 1 is 1.33 bits per heavy atom. The first-order valence-corrected chi connectivity index (χ1v) is 6.32. The number of rotatable bonds is 7. The van der Waals surface area contributed by atoms with Crippen LogP contribution < -0.4 is 15.2 Å². The fraction of sp³-hybridized carbons (Fsp3) is 0.462. The molecular formula is C13H19N3O5. The van der Waals surface area contributed by atoms with Gasteiger partial charge in [0.15, 0.2) is 11.5 Å². The predicted octanol–water partition coefficient (Wildman–Crippen LogP) is 1.03. The summed E-state index contributed by atoms with van der Waals surface area (Å²) in [5.74, 6) is 0.000129. The molecule has 0 saturated carbocycles. The van der Waals surface area contributed by atoms with Crippen molar-refractivity contribution in [3.63, 3.8) is 0 Å². The number of nitrogens with zero attached hydrogens (tertiary/aromatic N) is 2. The van der Waals surface area contributed by atoms with Crippen molar-refractivity contribution >= 4 is 11.6 Å². The summed E-state index contributed by atoms with van der Waals surface area (Å²) in [7, 11) is 4.34. The third-order valence-corrected chi connectivity index (χ3v) is 2.97. The van der Waals surface area contributed by atoms with E-state index in [2.05, 4.69) is 0 Å². The molecule has 116 valence electrons. The SMILES string of the molecule is COc1cc(C(=O)N(C)CCCN)c([N+](=O)[O-])cc1OC. The number of hydrogen-bond donors (Lipinski definition) is 1. The average Bonchev–Trinajstić information content (AvgIpc) is 2.50. The van der Waals surface area contributed by atoms with Crippen LogP contribution in [0.25, 0.3) is 0 Å². The zero-order chi connectivity index (χ0) is 16.0. The van der Waals surface area contributed by atoms with Crippen LogP contribution in [-0.2, 0) is 0 Å². The van der Waals surface area contributed by atoms with Gasteiger partial charge in [0.1, 0.15) is 5.56 Å². The number of nitrogens with two attached hydrogens (primary N) is 1. The lowest BCUT2D eigenvalue weighted by atomic mass is 10.1. The molecule has 0 aromatic heterocycles. The Labute approximate surface area is 122 Å². The Bertz CT molecular complexity index is 533. The minimum atomic E-state index is -0.619. The summed E-state index contributed by atoms with van der Waals surface area (Å²) in [5, 5.41) is 11.1.